The zero-order valence-corrected chi connectivity index (χ0v) is 4.16. The SMILES string of the molecule is CC(=O)C(=O)S. The fourth-order valence-corrected chi connectivity index (χ4v) is 0. The highest BCUT2D eigenvalue weighted by molar-refractivity contribution is 7.98. The number of carbonyl (C=O) groups is 2. The van der Waals surface area contributed by atoms with Crippen LogP contribution in [0.3, 0.4) is 0 Å². The molecule has 0 aliphatic carbocycles. The van der Waals surface area contributed by atoms with Gasteiger partial charge in [0.25, 0.3) is 5.12 Å². The molecule has 0 aromatic carbocycles. The highest BCUT2D eigenvalue weighted by Gasteiger charge is 1.95. The van der Waals surface area contributed by atoms with E-state index in [-0.39, 0.29) is 0 Å². The highest BCUT2D eigenvalue weighted by atomic mass is 32.1. The van der Waals surface area contributed by atoms with E-state index in [0.29, 0.717) is 0 Å². The number of thiol groups is 1. The van der Waals surface area contributed by atoms with E-state index in [1.165, 1.54) is 6.92 Å². The standard InChI is InChI=1S/C3H4O2S/c1-2(4)3(5)6/h1H3,(H,5,6). The number of Topliss-reactive ketones (excluding diaryl/α,β-unsaturated/α-hetero) is 1. The van der Waals surface area contributed by atoms with Gasteiger partial charge in [0.2, 0.25) is 5.78 Å². The second-order valence-electron chi connectivity index (χ2n) is 0.861. The van der Waals surface area contributed by atoms with Gasteiger partial charge < -0.3 is 0 Å². The van der Waals surface area contributed by atoms with Gasteiger partial charge in [-0.1, -0.05) is 12.6 Å². The molecule has 0 aromatic rings. The maximum absolute atomic E-state index is 9.72. The molecule has 0 saturated carbocycles. The highest BCUT2D eigenvalue weighted by Crippen LogP contribution is 1.76. The minimum Gasteiger partial charge on any atom is -0.290 e. The van der Waals surface area contributed by atoms with Crippen molar-refractivity contribution in [2.75, 3.05) is 0 Å². The van der Waals surface area contributed by atoms with E-state index in [4.69, 9.17) is 0 Å². The second kappa shape index (κ2) is 1.97. The summed E-state index contributed by atoms with van der Waals surface area (Å²) in [4.78, 5) is 19.4. The molecule has 2 nitrogen and oxygen atoms in total. The van der Waals surface area contributed by atoms with Gasteiger partial charge in [-0.15, -0.1) is 0 Å². The van der Waals surface area contributed by atoms with Gasteiger partial charge in [0.1, 0.15) is 0 Å². The van der Waals surface area contributed by atoms with Crippen LogP contribution in [-0.4, -0.2) is 10.9 Å². The summed E-state index contributed by atoms with van der Waals surface area (Å²) in [5.41, 5.74) is 0. The lowest BCUT2D eigenvalue weighted by Gasteiger charge is -1.72. The quantitative estimate of drug-likeness (QED) is 0.376. The van der Waals surface area contributed by atoms with Crippen LogP contribution in [0.4, 0.5) is 0 Å². The average Bonchev–Trinajstić information content (AvgIpc) is 1.36. The lowest BCUT2D eigenvalue weighted by molar-refractivity contribution is -0.130. The van der Waals surface area contributed by atoms with Crippen molar-refractivity contribution in [1.82, 2.24) is 0 Å². The minimum absolute atomic E-state index is 0.515. The molecule has 0 spiro atoms. The largest absolute Gasteiger partial charge is 0.290 e. The van der Waals surface area contributed by atoms with E-state index in [2.05, 4.69) is 12.6 Å². The zero-order chi connectivity index (χ0) is 5.15. The third-order valence-electron chi connectivity index (χ3n) is 0.301. The topological polar surface area (TPSA) is 34.1 Å². The number of hydrogen-bond acceptors (Lipinski definition) is 2. The van der Waals surface area contributed by atoms with Crippen molar-refractivity contribution in [3.8, 4) is 0 Å². The Morgan fingerprint density at radius 2 is 1.67 bits per heavy atom. The Morgan fingerprint density at radius 3 is 1.67 bits per heavy atom. The average molecular weight is 104 g/mol. The summed E-state index contributed by atoms with van der Waals surface area (Å²) in [7, 11) is 0. The summed E-state index contributed by atoms with van der Waals surface area (Å²) in [6.45, 7) is 1.18. The predicted molar refractivity (Wildman–Crippen MR) is 24.7 cm³/mol. The van der Waals surface area contributed by atoms with E-state index >= 15 is 0 Å². The lowest BCUT2D eigenvalue weighted by atomic mass is 10.5. The van der Waals surface area contributed by atoms with Crippen LogP contribution in [0.25, 0.3) is 0 Å². The van der Waals surface area contributed by atoms with Crippen molar-refractivity contribution >= 4 is 23.5 Å². The van der Waals surface area contributed by atoms with Crippen LogP contribution < -0.4 is 0 Å². The number of carbonyl (C=O) groups excluding carboxylic acids is 2. The monoisotopic (exact) mass is 104 g/mol. The van der Waals surface area contributed by atoms with Crippen LogP contribution in [0.1, 0.15) is 6.92 Å². The van der Waals surface area contributed by atoms with Crippen LogP contribution in [0, 0.1) is 0 Å². The first-order valence-corrected chi connectivity index (χ1v) is 1.83. The third kappa shape index (κ3) is 1.96. The molecule has 0 atom stereocenters. The van der Waals surface area contributed by atoms with Gasteiger partial charge in [-0.3, -0.25) is 9.59 Å². The summed E-state index contributed by atoms with van der Waals surface area (Å²) in [5, 5.41) is -0.685. The Bertz CT molecular complexity index is 74.8. The molecule has 34 valence electrons. The van der Waals surface area contributed by atoms with Crippen LogP contribution in [0.15, 0.2) is 0 Å². The lowest BCUT2D eigenvalue weighted by Crippen LogP contribution is -1.98. The number of rotatable bonds is 1. The molecule has 0 fully saturated rings. The normalized spacial score (nSPS) is 7.67. The molecule has 0 rings (SSSR count). The molecule has 3 heteroatoms. The molecule has 0 bridgehead atoms. The summed E-state index contributed by atoms with van der Waals surface area (Å²) in [5.74, 6) is -0.515. The summed E-state index contributed by atoms with van der Waals surface area (Å²) >= 11 is 3.20. The summed E-state index contributed by atoms with van der Waals surface area (Å²) in [6.07, 6.45) is 0. The van der Waals surface area contributed by atoms with E-state index in [0.717, 1.165) is 0 Å². The van der Waals surface area contributed by atoms with Crippen molar-refractivity contribution in [3.63, 3.8) is 0 Å². The fourth-order valence-electron chi connectivity index (χ4n) is 0. The molecule has 0 aliphatic rings. The zero-order valence-electron chi connectivity index (χ0n) is 3.26. The van der Waals surface area contributed by atoms with E-state index in [1.807, 2.05) is 0 Å². The molecular weight excluding hydrogens is 100 g/mol. The van der Waals surface area contributed by atoms with Crippen molar-refractivity contribution in [3.05, 3.63) is 0 Å². The fraction of sp³-hybridized carbons (Fsp3) is 0.333. The minimum atomic E-state index is -0.685. The van der Waals surface area contributed by atoms with Crippen molar-refractivity contribution in [2.24, 2.45) is 0 Å². The molecule has 0 amide bonds. The molecule has 0 N–H and O–H groups in total. The third-order valence-corrected chi connectivity index (χ3v) is 0.616. The first-order valence-electron chi connectivity index (χ1n) is 1.38. The van der Waals surface area contributed by atoms with E-state index in [1.54, 1.807) is 0 Å². The Morgan fingerprint density at radius 1 is 1.50 bits per heavy atom. The molecule has 0 unspecified atom stereocenters. The van der Waals surface area contributed by atoms with Crippen LogP contribution in [-0.2, 0) is 9.59 Å². The first-order chi connectivity index (χ1) is 2.64. The summed E-state index contributed by atoms with van der Waals surface area (Å²) < 4.78 is 0. The van der Waals surface area contributed by atoms with Crippen LogP contribution in [0.2, 0.25) is 0 Å². The van der Waals surface area contributed by atoms with Gasteiger partial charge in [-0.25, -0.2) is 0 Å². The molecule has 0 saturated heterocycles. The van der Waals surface area contributed by atoms with Gasteiger partial charge in [-0.05, 0) is 0 Å². The Labute approximate surface area is 40.9 Å². The van der Waals surface area contributed by atoms with Crippen molar-refractivity contribution in [1.29, 1.82) is 0 Å². The molecule has 0 aliphatic heterocycles. The molecule has 0 aromatic heterocycles. The van der Waals surface area contributed by atoms with Crippen molar-refractivity contribution < 1.29 is 9.59 Å². The van der Waals surface area contributed by atoms with E-state index in [9.17, 15) is 9.59 Å². The molecule has 0 radical (unpaired) electrons. The maximum atomic E-state index is 9.72. The van der Waals surface area contributed by atoms with E-state index < -0.39 is 10.9 Å². The molecular formula is C3H4O2S. The smallest absolute Gasteiger partial charge is 0.251 e. The van der Waals surface area contributed by atoms with Gasteiger partial charge in [0, 0.05) is 6.92 Å². The molecule has 0 heterocycles. The predicted octanol–water partition coefficient (Wildman–Crippen LogP) is 0.0318. The van der Waals surface area contributed by atoms with Crippen LogP contribution >= 0.6 is 12.6 Å². The maximum Gasteiger partial charge on any atom is 0.251 e. The van der Waals surface area contributed by atoms with Crippen LogP contribution in [0.5, 0.6) is 0 Å². The molecule has 6 heavy (non-hydrogen) atoms. The first kappa shape index (κ1) is 5.69. The Kier molecular flexibility index (Phi) is 1.87. The number of hydrogen-bond donors (Lipinski definition) is 1. The van der Waals surface area contributed by atoms with Gasteiger partial charge in [0.15, 0.2) is 0 Å². The van der Waals surface area contributed by atoms with Gasteiger partial charge in [0.05, 0.1) is 0 Å². The van der Waals surface area contributed by atoms with Crippen molar-refractivity contribution in [2.45, 2.75) is 6.92 Å². The van der Waals surface area contributed by atoms with Gasteiger partial charge in [-0.2, -0.15) is 0 Å². The second-order valence-corrected chi connectivity index (χ2v) is 1.27. The Hall–Kier alpha value is -0.310. The number of ketones is 1. The van der Waals surface area contributed by atoms with Gasteiger partial charge >= 0.3 is 0 Å². The Balaban J connectivity index is 3.57. The summed E-state index contributed by atoms with van der Waals surface area (Å²) in [6, 6.07) is 0.